The van der Waals surface area contributed by atoms with Crippen molar-refractivity contribution in [2.45, 2.75) is 110 Å². The van der Waals surface area contributed by atoms with Crippen LogP contribution in [0.15, 0.2) is 12.2 Å². The summed E-state index contributed by atoms with van der Waals surface area (Å²) in [5.74, 6) is 2.48. The van der Waals surface area contributed by atoms with Crippen molar-refractivity contribution in [1.29, 1.82) is 0 Å². The molecular weight excluding hydrogens is 506 g/mol. The molecule has 0 saturated heterocycles. The van der Waals surface area contributed by atoms with Crippen LogP contribution in [0.2, 0.25) is 0 Å². The van der Waals surface area contributed by atoms with Crippen molar-refractivity contribution >= 4 is 34.5 Å². The van der Waals surface area contributed by atoms with Crippen molar-refractivity contribution in [3.63, 3.8) is 0 Å². The van der Waals surface area contributed by atoms with Crippen molar-refractivity contribution < 1.29 is 14.1 Å². The highest BCUT2D eigenvalue weighted by atomic mass is 127. The smallest absolute Gasteiger partial charge is 0.305 e. The number of hydrogen-bond acceptors (Lipinski definition) is 3. The number of halogens is 1. The predicted molar refractivity (Wildman–Crippen MR) is 137 cm³/mol. The third-order valence-electron chi connectivity index (χ3n) is 7.35. The number of hydrogen-bond donors (Lipinski definition) is 0. The van der Waals surface area contributed by atoms with Crippen LogP contribution in [-0.4, -0.2) is 18.7 Å². The van der Waals surface area contributed by atoms with Crippen LogP contribution in [0.1, 0.15) is 104 Å². The average molecular weight is 551 g/mol. The first kappa shape index (κ1) is 26.6. The Hall–Kier alpha value is 0.330. The molecule has 0 aromatic rings. The van der Waals surface area contributed by atoms with Crippen molar-refractivity contribution in [3.8, 4) is 0 Å². The maximum atomic E-state index is 12.0. The van der Waals surface area contributed by atoms with Gasteiger partial charge in [0.05, 0.1) is 19.2 Å². The van der Waals surface area contributed by atoms with Gasteiger partial charge < -0.3 is 9.26 Å². The van der Waals surface area contributed by atoms with Crippen LogP contribution in [0.5, 0.6) is 0 Å². The maximum Gasteiger partial charge on any atom is 0.305 e. The largest absolute Gasteiger partial charge is 0.465 e. The highest BCUT2D eigenvalue weighted by molar-refractivity contribution is 14.2. The van der Waals surface area contributed by atoms with Gasteiger partial charge in [-0.3, -0.25) is 4.79 Å². The lowest BCUT2D eigenvalue weighted by Crippen LogP contribution is -2.23. The summed E-state index contributed by atoms with van der Waals surface area (Å²) in [6, 6.07) is 0. The Bertz CT molecular complexity index is 499. The highest BCUT2D eigenvalue weighted by Crippen LogP contribution is 2.47. The zero-order chi connectivity index (χ0) is 21.6. The Balaban J connectivity index is 1.95. The summed E-state index contributed by atoms with van der Waals surface area (Å²) in [4.78, 5) is 12.0. The number of carbonyl (C=O) groups excluding carboxylic acids is 1. The summed E-state index contributed by atoms with van der Waals surface area (Å²) in [6.45, 7) is 5.75. The number of cyclic esters (lactones) is 1. The summed E-state index contributed by atoms with van der Waals surface area (Å²) >= 11 is 2.36. The molecule has 3 nitrogen and oxygen atoms in total. The summed E-state index contributed by atoms with van der Waals surface area (Å²) < 4.78 is 11.9. The van der Waals surface area contributed by atoms with E-state index in [0.29, 0.717) is 43.3 Å². The van der Waals surface area contributed by atoms with Crippen LogP contribution in [0.4, 0.5) is 0 Å². The van der Waals surface area contributed by atoms with E-state index in [0.717, 1.165) is 31.6 Å². The number of allylic oxidation sites excluding steroid dienone is 2. The number of unbranched alkanes of at least 4 members (excludes halogenated alkanes) is 4. The van der Waals surface area contributed by atoms with Gasteiger partial charge in [0, 0.05) is 6.42 Å². The van der Waals surface area contributed by atoms with Gasteiger partial charge in [0.2, 0.25) is 0 Å². The van der Waals surface area contributed by atoms with Crippen LogP contribution >= 0.6 is 28.5 Å². The second-order valence-electron chi connectivity index (χ2n) is 9.39. The van der Waals surface area contributed by atoms with E-state index in [2.05, 4.69) is 48.0 Å². The molecule has 6 atom stereocenters. The van der Waals surface area contributed by atoms with E-state index in [1.807, 2.05) is 0 Å². The molecule has 1 fully saturated rings. The van der Waals surface area contributed by atoms with Gasteiger partial charge in [-0.05, 0) is 77.8 Å². The van der Waals surface area contributed by atoms with Crippen molar-refractivity contribution in [3.05, 3.63) is 12.2 Å². The minimum atomic E-state index is -0.0187. The van der Waals surface area contributed by atoms with Gasteiger partial charge in [-0.1, -0.05) is 77.4 Å². The van der Waals surface area contributed by atoms with Gasteiger partial charge in [-0.2, -0.15) is 0 Å². The Kier molecular flexibility index (Phi) is 14.2. The lowest BCUT2D eigenvalue weighted by atomic mass is 9.81. The van der Waals surface area contributed by atoms with E-state index in [9.17, 15) is 4.79 Å². The van der Waals surface area contributed by atoms with Crippen molar-refractivity contribution in [2.24, 2.45) is 23.7 Å². The second kappa shape index (κ2) is 16.0. The van der Waals surface area contributed by atoms with Crippen molar-refractivity contribution in [1.82, 2.24) is 0 Å². The average Bonchev–Trinajstić information content (AvgIpc) is 3.05. The summed E-state index contributed by atoms with van der Waals surface area (Å²) in [7, 11) is 0. The van der Waals surface area contributed by atoms with E-state index in [-0.39, 0.29) is 5.97 Å². The molecule has 1 saturated carbocycles. The molecule has 5 heteroatoms. The fourth-order valence-corrected chi connectivity index (χ4v) is 6.81. The summed E-state index contributed by atoms with van der Waals surface area (Å²) in [6.07, 6.45) is 21.8. The predicted octanol–water partition coefficient (Wildman–Crippen LogP) is 8.41. The van der Waals surface area contributed by atoms with Gasteiger partial charge in [0.15, 0.2) is 0 Å². The third-order valence-corrected chi connectivity index (χ3v) is 8.51. The molecule has 1 aliphatic carbocycles. The lowest BCUT2D eigenvalue weighted by molar-refractivity contribution is -0.145. The van der Waals surface area contributed by atoms with Crippen LogP contribution in [0, 0.1) is 23.7 Å². The van der Waals surface area contributed by atoms with E-state index < -0.39 is 0 Å². The molecule has 0 bridgehead atoms. The Morgan fingerprint density at radius 1 is 1.20 bits per heavy atom. The molecule has 30 heavy (non-hydrogen) atoms. The molecule has 2 unspecified atom stereocenters. The van der Waals surface area contributed by atoms with Gasteiger partial charge in [0.1, 0.15) is 0 Å². The van der Waals surface area contributed by atoms with E-state index >= 15 is 0 Å². The molecule has 1 aliphatic heterocycles. The van der Waals surface area contributed by atoms with E-state index in [1.54, 1.807) is 0 Å². The second-order valence-corrected chi connectivity index (χ2v) is 11.1. The summed E-state index contributed by atoms with van der Waals surface area (Å²) in [5, 5.41) is 0. The maximum absolute atomic E-state index is 12.0. The first-order chi connectivity index (χ1) is 14.7. The molecule has 2 aliphatic rings. The van der Waals surface area contributed by atoms with Gasteiger partial charge in [-0.15, -0.1) is 0 Å². The minimum Gasteiger partial charge on any atom is -0.465 e. The number of esters is 1. The fourth-order valence-electron chi connectivity index (χ4n) is 5.45. The standard InChI is InChI=1S/C25H44IO3P/c1-3-5-6-7-10-13-20(4-2)16-17-23-22-14-11-8-9-12-15-25(27)28-19-21(22)18-24(23)29-30-26/h8,11,20-24,30H,3-7,9-10,12-19H2,1-2H3/b11-8-/t20?,21-,22+,23-,24-/m1/s1. The molecule has 0 spiro atoms. The zero-order valence-electron chi connectivity index (χ0n) is 19.3. The molecule has 0 aromatic carbocycles. The van der Waals surface area contributed by atoms with Crippen LogP contribution in [-0.2, 0) is 14.1 Å². The minimum absolute atomic E-state index is 0.0187. The molecule has 2 rings (SSSR count). The molecular formula is C25H44IO3P. The third kappa shape index (κ3) is 9.45. The molecule has 174 valence electrons. The summed E-state index contributed by atoms with van der Waals surface area (Å²) in [5.41, 5.74) is 0. The first-order valence-electron chi connectivity index (χ1n) is 12.5. The Labute approximate surface area is 200 Å². The number of ether oxygens (including phenoxy) is 1. The van der Waals surface area contributed by atoms with Crippen LogP contribution < -0.4 is 0 Å². The van der Waals surface area contributed by atoms with E-state index in [4.69, 9.17) is 9.26 Å². The fraction of sp³-hybridized carbons (Fsp3) is 0.880. The van der Waals surface area contributed by atoms with Gasteiger partial charge >= 0.3 is 5.97 Å². The number of fused-ring (bicyclic) bond motifs is 1. The normalized spacial score (nSPS) is 30.0. The molecule has 0 amide bonds. The molecule has 0 aromatic heterocycles. The topological polar surface area (TPSA) is 35.5 Å². The first-order valence-corrected chi connectivity index (χ1v) is 16.5. The number of carbonyl (C=O) groups is 1. The van der Waals surface area contributed by atoms with Crippen LogP contribution in [0.25, 0.3) is 0 Å². The molecule has 0 N–H and O–H groups in total. The van der Waals surface area contributed by atoms with Crippen molar-refractivity contribution in [2.75, 3.05) is 6.61 Å². The van der Waals surface area contributed by atoms with Gasteiger partial charge in [-0.25, -0.2) is 0 Å². The Morgan fingerprint density at radius 3 is 2.80 bits per heavy atom. The quantitative estimate of drug-likeness (QED) is 0.0805. The zero-order valence-corrected chi connectivity index (χ0v) is 22.4. The van der Waals surface area contributed by atoms with Crippen LogP contribution in [0.3, 0.4) is 0 Å². The highest BCUT2D eigenvalue weighted by Gasteiger charge is 2.43. The lowest BCUT2D eigenvalue weighted by Gasteiger charge is -2.27. The van der Waals surface area contributed by atoms with E-state index in [1.165, 1.54) is 57.8 Å². The Morgan fingerprint density at radius 2 is 2.03 bits per heavy atom. The number of rotatable bonds is 12. The molecule has 0 radical (unpaired) electrons. The molecule has 1 heterocycles. The van der Waals surface area contributed by atoms with Gasteiger partial charge in [0.25, 0.3) is 0 Å². The monoisotopic (exact) mass is 550 g/mol. The SMILES string of the molecule is CCCCCCCC(CC)CC[C@@H]1[C@H]2C/C=C\CCCC(=O)OC[C@H]2C[C@H]1OPI.